The molecule has 33 heavy (non-hydrogen) atoms. The number of rotatable bonds is 6. The van der Waals surface area contributed by atoms with Gasteiger partial charge in [0, 0.05) is 43.9 Å². The van der Waals surface area contributed by atoms with Crippen molar-refractivity contribution < 1.29 is 14.6 Å². The van der Waals surface area contributed by atoms with Crippen molar-refractivity contribution in [3.8, 4) is 6.01 Å². The summed E-state index contributed by atoms with van der Waals surface area (Å²) in [5.41, 5.74) is -0.132. The number of H-pyrrole nitrogens is 1. The quantitative estimate of drug-likeness (QED) is 0.498. The minimum absolute atomic E-state index is 0.0762. The number of aromatic nitrogens is 5. The first kappa shape index (κ1) is 21.8. The number of aliphatic hydroxyl groups is 1. The predicted molar refractivity (Wildman–Crippen MR) is 125 cm³/mol. The van der Waals surface area contributed by atoms with Gasteiger partial charge >= 0.3 is 12.0 Å². The van der Waals surface area contributed by atoms with Gasteiger partial charge in [-0.25, -0.2) is 14.8 Å². The highest BCUT2D eigenvalue weighted by molar-refractivity contribution is 7.10. The van der Waals surface area contributed by atoms with Crippen LogP contribution in [0.5, 0.6) is 6.01 Å². The summed E-state index contributed by atoms with van der Waals surface area (Å²) in [6.45, 7) is 4.81. The Kier molecular flexibility index (Phi) is 5.57. The van der Waals surface area contributed by atoms with Gasteiger partial charge in [0.25, 0.3) is 0 Å². The second-order valence-electron chi connectivity index (χ2n) is 9.51. The molecule has 3 aromatic heterocycles. The van der Waals surface area contributed by atoms with Crippen molar-refractivity contribution in [1.82, 2.24) is 29.2 Å². The fourth-order valence-corrected chi connectivity index (χ4v) is 5.30. The number of aromatic amines is 1. The monoisotopic (exact) mass is 472 g/mol. The number of hydrogen-bond acceptors (Lipinski definition) is 9. The van der Waals surface area contributed by atoms with Crippen LogP contribution in [-0.4, -0.2) is 78.7 Å². The Hall–Kier alpha value is -2.99. The van der Waals surface area contributed by atoms with Crippen molar-refractivity contribution >= 4 is 39.5 Å². The summed E-state index contributed by atoms with van der Waals surface area (Å²) in [6, 6.07) is 2.39. The molecule has 12 heteroatoms. The molecular weight excluding hydrogens is 444 g/mol. The van der Waals surface area contributed by atoms with Crippen molar-refractivity contribution in [2.24, 2.45) is 11.8 Å². The number of hydrogen-bond donors (Lipinski definition) is 3. The summed E-state index contributed by atoms with van der Waals surface area (Å²) >= 11 is 1.06. The van der Waals surface area contributed by atoms with Gasteiger partial charge in [-0.2, -0.15) is 4.98 Å². The van der Waals surface area contributed by atoms with Crippen molar-refractivity contribution in [2.45, 2.75) is 38.3 Å². The molecule has 0 aromatic carbocycles. The minimum Gasteiger partial charge on any atom is -0.460 e. The summed E-state index contributed by atoms with van der Waals surface area (Å²) in [5.74, 6) is 1.87. The van der Waals surface area contributed by atoms with E-state index < -0.39 is 5.60 Å². The van der Waals surface area contributed by atoms with E-state index in [0.717, 1.165) is 54.3 Å². The zero-order chi connectivity index (χ0) is 23.2. The first-order valence-electron chi connectivity index (χ1n) is 11.0. The molecule has 3 atom stereocenters. The maximum Gasteiger partial charge on any atom is 0.330 e. The summed E-state index contributed by atoms with van der Waals surface area (Å²) in [4.78, 5) is 33.0. The van der Waals surface area contributed by atoms with Gasteiger partial charge in [0.15, 0.2) is 0 Å². The standard InChI is InChI=1S/C21H28N8O3S/c1-21(2,31)10-32-18-25-19(33-27-18)26-20(30)29-8-12-6-14(7-13(12)9-29)28(3)17-15-4-5-22-16(15)23-11-24-17/h4-5,11-14,31H,6-10H2,1-3H3,(H,22,23,24)(H,25,26,27,30)/t12-,13+,14-. The lowest BCUT2D eigenvalue weighted by molar-refractivity contribution is 0.0255. The highest BCUT2D eigenvalue weighted by Crippen LogP contribution is 2.41. The molecule has 2 amide bonds. The molecule has 3 aromatic rings. The van der Waals surface area contributed by atoms with Crippen molar-refractivity contribution in [1.29, 1.82) is 0 Å². The zero-order valence-electron chi connectivity index (χ0n) is 18.9. The van der Waals surface area contributed by atoms with Gasteiger partial charge in [-0.3, -0.25) is 5.32 Å². The van der Waals surface area contributed by atoms with E-state index in [4.69, 9.17) is 4.74 Å². The van der Waals surface area contributed by atoms with Crippen LogP contribution in [0, 0.1) is 11.8 Å². The summed E-state index contributed by atoms with van der Waals surface area (Å²) in [7, 11) is 2.10. The van der Waals surface area contributed by atoms with Gasteiger partial charge in [0.05, 0.1) is 11.0 Å². The smallest absolute Gasteiger partial charge is 0.330 e. The average Bonchev–Trinajstić information content (AvgIpc) is 3.53. The van der Waals surface area contributed by atoms with Crippen molar-refractivity contribution in [3.63, 3.8) is 0 Å². The molecule has 11 nitrogen and oxygen atoms in total. The fraction of sp³-hybridized carbons (Fsp3) is 0.571. The van der Waals surface area contributed by atoms with Crippen LogP contribution in [0.4, 0.5) is 15.7 Å². The summed E-state index contributed by atoms with van der Waals surface area (Å²) in [6.07, 6.45) is 5.53. The molecule has 2 aliphatic rings. The fourth-order valence-electron chi connectivity index (χ4n) is 4.79. The molecular formula is C21H28N8O3S. The van der Waals surface area contributed by atoms with Gasteiger partial charge < -0.3 is 24.6 Å². The van der Waals surface area contributed by atoms with E-state index in [-0.39, 0.29) is 18.6 Å². The molecule has 1 aliphatic carbocycles. The van der Waals surface area contributed by atoms with Crippen molar-refractivity contribution in [2.75, 3.05) is 37.0 Å². The van der Waals surface area contributed by atoms with Gasteiger partial charge in [0.1, 0.15) is 24.4 Å². The third kappa shape index (κ3) is 4.58. The van der Waals surface area contributed by atoms with Gasteiger partial charge in [-0.15, -0.1) is 4.37 Å². The topological polar surface area (TPSA) is 132 Å². The molecule has 1 aliphatic heterocycles. The molecule has 1 saturated heterocycles. The SMILES string of the molecule is CN(c1ncnc2[nH]ccc12)[C@@H]1C[C@@H]2CN(C(=O)Nc3nc(OCC(C)(C)O)ns3)C[C@@H]2C1. The predicted octanol–water partition coefficient (Wildman–Crippen LogP) is 2.34. The normalized spacial score (nSPS) is 22.5. The second kappa shape index (κ2) is 8.41. The van der Waals surface area contributed by atoms with Crippen LogP contribution in [0.15, 0.2) is 18.6 Å². The van der Waals surface area contributed by atoms with E-state index in [1.807, 2.05) is 17.2 Å². The number of fused-ring (bicyclic) bond motifs is 2. The molecule has 4 heterocycles. The van der Waals surface area contributed by atoms with Crippen LogP contribution >= 0.6 is 11.5 Å². The first-order valence-corrected chi connectivity index (χ1v) is 11.8. The number of nitrogens with one attached hydrogen (secondary N) is 2. The van der Waals surface area contributed by atoms with Gasteiger partial charge in [0.2, 0.25) is 5.13 Å². The second-order valence-corrected chi connectivity index (χ2v) is 10.3. The molecule has 0 unspecified atom stereocenters. The average molecular weight is 473 g/mol. The van der Waals surface area contributed by atoms with E-state index in [2.05, 4.69) is 41.6 Å². The lowest BCUT2D eigenvalue weighted by Crippen LogP contribution is -2.36. The van der Waals surface area contributed by atoms with Crippen LogP contribution < -0.4 is 15.0 Å². The Bertz CT molecular complexity index is 1130. The lowest BCUT2D eigenvalue weighted by atomic mass is 10.0. The van der Waals surface area contributed by atoms with E-state index in [1.54, 1.807) is 20.2 Å². The van der Waals surface area contributed by atoms with Crippen LogP contribution in [0.3, 0.4) is 0 Å². The van der Waals surface area contributed by atoms with Crippen LogP contribution in [0.2, 0.25) is 0 Å². The molecule has 2 fully saturated rings. The Balaban J connectivity index is 1.15. The number of anilines is 2. The Labute approximate surface area is 195 Å². The Morgan fingerprint density at radius 3 is 2.85 bits per heavy atom. The lowest BCUT2D eigenvalue weighted by Gasteiger charge is -2.27. The first-order chi connectivity index (χ1) is 15.8. The molecule has 0 bridgehead atoms. The molecule has 3 N–H and O–H groups in total. The molecule has 1 saturated carbocycles. The Morgan fingerprint density at radius 2 is 2.12 bits per heavy atom. The summed E-state index contributed by atoms with van der Waals surface area (Å²) in [5, 5.41) is 14.0. The maximum atomic E-state index is 12.8. The third-order valence-corrected chi connectivity index (χ3v) is 7.02. The minimum atomic E-state index is -0.977. The number of carbonyl (C=O) groups is 1. The molecule has 0 radical (unpaired) electrons. The van der Waals surface area contributed by atoms with Crippen LogP contribution in [0.1, 0.15) is 26.7 Å². The third-order valence-electron chi connectivity index (χ3n) is 6.40. The van der Waals surface area contributed by atoms with E-state index >= 15 is 0 Å². The number of urea groups is 1. The van der Waals surface area contributed by atoms with E-state index in [0.29, 0.717) is 23.0 Å². The molecule has 176 valence electrons. The van der Waals surface area contributed by atoms with Gasteiger partial charge in [-0.05, 0) is 44.6 Å². The number of likely N-dealkylation sites (tertiary alicyclic amines) is 1. The van der Waals surface area contributed by atoms with Crippen LogP contribution in [0.25, 0.3) is 11.0 Å². The highest BCUT2D eigenvalue weighted by atomic mass is 32.1. The van der Waals surface area contributed by atoms with Crippen LogP contribution in [-0.2, 0) is 0 Å². The largest absolute Gasteiger partial charge is 0.460 e. The number of ether oxygens (including phenoxy) is 1. The zero-order valence-corrected chi connectivity index (χ0v) is 19.7. The molecule has 0 spiro atoms. The highest BCUT2D eigenvalue weighted by Gasteiger charge is 2.44. The number of nitrogens with zero attached hydrogens (tertiary/aromatic N) is 6. The van der Waals surface area contributed by atoms with Crippen molar-refractivity contribution in [3.05, 3.63) is 18.6 Å². The van der Waals surface area contributed by atoms with E-state index in [9.17, 15) is 9.90 Å². The summed E-state index contributed by atoms with van der Waals surface area (Å²) < 4.78 is 9.45. The number of carbonyl (C=O) groups excluding carboxylic acids is 1. The van der Waals surface area contributed by atoms with E-state index in [1.165, 1.54) is 0 Å². The Morgan fingerprint density at radius 1 is 1.36 bits per heavy atom. The maximum absolute atomic E-state index is 12.8. The van der Waals surface area contributed by atoms with Gasteiger partial charge in [-0.1, -0.05) is 0 Å². The number of amides is 2. The molecule has 5 rings (SSSR count).